The number of hydrogen-bond acceptors (Lipinski definition) is 15. The molecule has 2 aromatic heterocycles. The first-order valence-corrected chi connectivity index (χ1v) is 31.5. The highest BCUT2D eigenvalue weighted by molar-refractivity contribution is 6.66. The third-order valence-electron chi connectivity index (χ3n) is 17.4. The van der Waals surface area contributed by atoms with Crippen molar-refractivity contribution in [1.29, 1.82) is 0 Å². The van der Waals surface area contributed by atoms with E-state index in [1.807, 2.05) is 79.7 Å². The average molecular weight is 1220 g/mol. The summed E-state index contributed by atoms with van der Waals surface area (Å²) < 4.78 is 12.3. The lowest BCUT2D eigenvalue weighted by molar-refractivity contribution is -0.126. The maximum atomic E-state index is 13.6. The Kier molecular flexibility index (Phi) is 27.7. The fraction of sp³-hybridized carbons (Fsp3) is 0.588. The number of piperazine rings is 1. The summed E-state index contributed by atoms with van der Waals surface area (Å²) in [5.74, 6) is 3.48. The van der Waals surface area contributed by atoms with E-state index in [2.05, 4.69) is 94.5 Å². The standard InChI is InChI=1S/C29H38N6O3.C27H37N5O2.C6H14.C3H3ClO.C2H7N.CH4/c1-6-26(36)33-12-13-35(21(4)15-33)27-24-16-34(28(37)23-14-19(2)9-10-20(23)3)17-25(24)30-29(31-27)38-18-22-8-7-11-32(22)5;1-18-10-11-19(2)22(14-18)26(33)31-15-23-24(16-31)28-27(34-17-21-9-7-12-30(21)4)29-25(23)32-13-6-5-8-20(32)3;1-5(2)6(3)4;1-2-3(4)5;1-2-3;/h6,9-10,14,21-22H,1,7-8,11-13,15-18H2,2-5H3;10-11,14,20-21H,5-9,12-13,15-17H2,1-4H3;5-6H,1-4H3;2H,1H2;2-3H2,1H3;1H4/t21-,22-;20-,21-;;;;/m00..../s1. The van der Waals surface area contributed by atoms with Crippen LogP contribution in [0.3, 0.4) is 0 Å². The van der Waals surface area contributed by atoms with E-state index in [9.17, 15) is 19.2 Å². The molecule has 0 aliphatic carbocycles. The van der Waals surface area contributed by atoms with Crippen LogP contribution >= 0.6 is 11.6 Å². The van der Waals surface area contributed by atoms with Gasteiger partial charge in [-0.15, -0.1) is 0 Å². The van der Waals surface area contributed by atoms with Crippen LogP contribution in [0.15, 0.2) is 61.7 Å². The smallest absolute Gasteiger partial charge is 0.318 e. The molecule has 87 heavy (non-hydrogen) atoms. The Morgan fingerprint density at radius 2 is 1.06 bits per heavy atom. The number of likely N-dealkylation sites (tertiary alicyclic amines) is 2. The number of nitrogens with zero attached hydrogens (tertiary/aromatic N) is 11. The molecular weight excluding hydrogens is 1120 g/mol. The lowest BCUT2D eigenvalue weighted by Crippen LogP contribution is -2.54. The van der Waals surface area contributed by atoms with Gasteiger partial charge in [-0.1, -0.05) is 90.6 Å². The Labute approximate surface area is 525 Å². The molecule has 478 valence electrons. The fourth-order valence-corrected chi connectivity index (χ4v) is 11.3. The second-order valence-corrected chi connectivity index (χ2v) is 25.0. The number of carbonyl (C=O) groups is 4. The van der Waals surface area contributed by atoms with E-state index in [-0.39, 0.29) is 31.2 Å². The number of likely N-dealkylation sites (N-methyl/N-ethyl adjacent to an activating group) is 2. The Hall–Kier alpha value is -6.47. The van der Waals surface area contributed by atoms with Crippen LogP contribution < -0.4 is 25.0 Å². The van der Waals surface area contributed by atoms with Gasteiger partial charge in [-0.2, -0.15) is 19.9 Å². The zero-order chi connectivity index (χ0) is 62.9. The topological polar surface area (TPSA) is 187 Å². The molecule has 19 heteroatoms. The van der Waals surface area contributed by atoms with Crippen molar-refractivity contribution < 1.29 is 28.7 Å². The number of hydrogen-bond donors (Lipinski definition) is 1. The van der Waals surface area contributed by atoms with Gasteiger partial charge in [0.15, 0.2) is 0 Å². The number of amides is 3. The summed E-state index contributed by atoms with van der Waals surface area (Å²) in [4.78, 5) is 83.1. The fourth-order valence-electron chi connectivity index (χ4n) is 11.3. The quantitative estimate of drug-likeness (QED) is 0.0983. The van der Waals surface area contributed by atoms with E-state index in [1.165, 1.54) is 25.3 Å². The van der Waals surface area contributed by atoms with Gasteiger partial charge in [0.1, 0.15) is 24.8 Å². The summed E-state index contributed by atoms with van der Waals surface area (Å²) in [6.07, 6.45) is 10.6. The Balaban J connectivity index is 0.000000259. The Bertz CT molecular complexity index is 2970. The van der Waals surface area contributed by atoms with Crippen LogP contribution in [-0.4, -0.2) is 165 Å². The van der Waals surface area contributed by atoms with Crippen molar-refractivity contribution in [2.24, 2.45) is 17.6 Å². The number of rotatable bonds is 13. The van der Waals surface area contributed by atoms with Gasteiger partial charge in [-0.3, -0.25) is 19.2 Å². The largest absolute Gasteiger partial charge is 0.462 e. The minimum absolute atomic E-state index is 0. The lowest BCUT2D eigenvalue weighted by atomic mass is 10.0. The molecule has 0 radical (unpaired) electrons. The van der Waals surface area contributed by atoms with E-state index < -0.39 is 5.24 Å². The minimum Gasteiger partial charge on any atom is -0.462 e. The molecule has 0 saturated carbocycles. The predicted molar refractivity (Wildman–Crippen MR) is 352 cm³/mol. The van der Waals surface area contributed by atoms with Crippen LogP contribution in [0.4, 0.5) is 11.6 Å². The molecule has 18 nitrogen and oxygen atoms in total. The second kappa shape index (κ2) is 33.8. The third kappa shape index (κ3) is 19.3. The number of fused-ring (bicyclic) bond motifs is 2. The first-order valence-electron chi connectivity index (χ1n) is 31.1. The van der Waals surface area contributed by atoms with E-state index in [1.54, 1.807) is 0 Å². The lowest BCUT2D eigenvalue weighted by Gasteiger charge is -2.40. The van der Waals surface area contributed by atoms with Crippen molar-refractivity contribution >= 4 is 46.2 Å². The Morgan fingerprint density at radius 3 is 1.43 bits per heavy atom. The molecule has 4 atom stereocenters. The van der Waals surface area contributed by atoms with Crippen molar-refractivity contribution in [1.82, 2.24) is 44.4 Å². The normalized spacial score (nSPS) is 19.7. The van der Waals surface area contributed by atoms with Crippen LogP contribution in [0.25, 0.3) is 0 Å². The number of anilines is 2. The highest BCUT2D eigenvalue weighted by Gasteiger charge is 2.37. The summed E-state index contributed by atoms with van der Waals surface area (Å²) in [5, 5.41) is -0.509. The van der Waals surface area contributed by atoms with Crippen LogP contribution in [0.1, 0.15) is 166 Å². The highest BCUT2D eigenvalue weighted by Crippen LogP contribution is 2.37. The van der Waals surface area contributed by atoms with Gasteiger partial charge in [0, 0.05) is 72.6 Å². The number of aryl methyl sites for hydroxylation is 4. The van der Waals surface area contributed by atoms with Gasteiger partial charge in [-0.25, -0.2) is 0 Å². The number of allylic oxidation sites excluding steroid dienone is 1. The summed E-state index contributed by atoms with van der Waals surface area (Å²) in [6.45, 7) is 38.7. The molecular formula is C68H103ClN12O6. The summed E-state index contributed by atoms with van der Waals surface area (Å²) >= 11 is 4.71. The van der Waals surface area contributed by atoms with E-state index in [0.717, 1.165) is 137 Å². The first kappa shape index (κ1) is 71.3. The molecule has 4 fully saturated rings. The molecule has 4 aromatic rings. The van der Waals surface area contributed by atoms with Crippen molar-refractivity contribution in [3.8, 4) is 12.0 Å². The number of carbonyl (C=O) groups excluding carboxylic acids is 4. The molecule has 6 aliphatic heterocycles. The number of aromatic nitrogens is 4. The second-order valence-electron chi connectivity index (χ2n) is 24.6. The van der Waals surface area contributed by atoms with Crippen molar-refractivity contribution in [3.63, 3.8) is 0 Å². The minimum atomic E-state index is -0.509. The number of piperidine rings is 1. The molecule has 2 aromatic carbocycles. The van der Waals surface area contributed by atoms with Gasteiger partial charge in [0.2, 0.25) is 11.1 Å². The number of halogens is 1. The summed E-state index contributed by atoms with van der Waals surface area (Å²) in [7, 11) is 4.28. The molecule has 6 aliphatic rings. The summed E-state index contributed by atoms with van der Waals surface area (Å²) in [5.41, 5.74) is 14.3. The number of nitrogens with two attached hydrogens (primary N) is 1. The third-order valence-corrected chi connectivity index (χ3v) is 17.6. The first-order chi connectivity index (χ1) is 41.0. The van der Waals surface area contributed by atoms with E-state index >= 15 is 0 Å². The Morgan fingerprint density at radius 1 is 0.621 bits per heavy atom. The highest BCUT2D eigenvalue weighted by atomic mass is 35.5. The van der Waals surface area contributed by atoms with Crippen LogP contribution in [-0.2, 0) is 35.8 Å². The molecule has 0 bridgehead atoms. The van der Waals surface area contributed by atoms with Gasteiger partial charge >= 0.3 is 12.0 Å². The van der Waals surface area contributed by atoms with Crippen LogP contribution in [0.5, 0.6) is 12.0 Å². The molecule has 3 amide bonds. The van der Waals surface area contributed by atoms with Crippen LogP contribution in [0, 0.1) is 39.5 Å². The maximum absolute atomic E-state index is 13.6. The zero-order valence-corrected chi connectivity index (χ0v) is 54.7. The molecule has 0 unspecified atom stereocenters. The van der Waals surface area contributed by atoms with Crippen molar-refractivity contribution in [3.05, 3.63) is 118 Å². The number of benzene rings is 2. The average Bonchev–Trinajstić information content (AvgIpc) is 1.91. The summed E-state index contributed by atoms with van der Waals surface area (Å²) in [6, 6.07) is 14.1. The van der Waals surface area contributed by atoms with E-state index in [4.69, 9.17) is 46.7 Å². The van der Waals surface area contributed by atoms with Gasteiger partial charge in [0.25, 0.3) is 11.8 Å². The SMILES string of the molecule is C.C=CC(=O)Cl.C=CC(=O)N1CCN(c2nc(OC[C@@H]3CCCN3C)nc3c2CN(C(=O)c2cc(C)ccc2C)C3)[C@@H](C)C1.CC(C)C(C)C.CCN.Cc1ccc(C)c(C(=O)N2Cc3nc(OC[C@@H]4CCCN4C)nc(N4CCCC[C@@H]4C)c3C2)c1. The molecule has 8 heterocycles. The van der Waals surface area contributed by atoms with Crippen LogP contribution in [0.2, 0.25) is 0 Å². The van der Waals surface area contributed by atoms with E-state index in [0.29, 0.717) is 89.2 Å². The molecule has 0 spiro atoms. The van der Waals surface area contributed by atoms with Crippen molar-refractivity contribution in [2.75, 3.05) is 82.9 Å². The molecule has 4 saturated heterocycles. The molecule has 2 N–H and O–H groups in total. The zero-order valence-electron chi connectivity index (χ0n) is 54.0. The predicted octanol–water partition coefficient (Wildman–Crippen LogP) is 10.9. The van der Waals surface area contributed by atoms with Crippen molar-refractivity contribution in [2.45, 2.75) is 179 Å². The van der Waals surface area contributed by atoms with Gasteiger partial charge in [0.05, 0.1) is 37.6 Å². The maximum Gasteiger partial charge on any atom is 0.318 e. The number of ether oxygens (including phenoxy) is 2. The monoisotopic (exact) mass is 1220 g/mol. The van der Waals surface area contributed by atoms with Gasteiger partial charge < -0.3 is 49.5 Å². The molecule has 10 rings (SSSR count). The van der Waals surface area contributed by atoms with Gasteiger partial charge in [-0.05, 0) is 179 Å².